The summed E-state index contributed by atoms with van der Waals surface area (Å²) in [6.07, 6.45) is 3.53. The Bertz CT molecular complexity index is 977. The molecule has 1 aromatic carbocycles. The highest BCUT2D eigenvalue weighted by Gasteiger charge is 2.22. The van der Waals surface area contributed by atoms with Crippen molar-refractivity contribution in [3.8, 4) is 11.3 Å². The Morgan fingerprint density at radius 1 is 1.27 bits per heavy atom. The predicted molar refractivity (Wildman–Crippen MR) is 101 cm³/mol. The molecule has 2 aromatic heterocycles. The van der Waals surface area contributed by atoms with Gasteiger partial charge in [0.2, 0.25) is 0 Å². The molecule has 0 saturated carbocycles. The summed E-state index contributed by atoms with van der Waals surface area (Å²) in [5, 5.41) is 8.55. The van der Waals surface area contributed by atoms with Gasteiger partial charge in [-0.25, -0.2) is 4.52 Å². The van der Waals surface area contributed by atoms with Gasteiger partial charge in [-0.15, -0.1) is 5.10 Å². The van der Waals surface area contributed by atoms with Gasteiger partial charge in [0.1, 0.15) is 0 Å². The molecule has 0 unspecified atom stereocenters. The lowest BCUT2D eigenvalue weighted by Crippen LogP contribution is -2.32. The second-order valence-corrected chi connectivity index (χ2v) is 6.41. The monoisotopic (exact) mass is 373 g/mol. The summed E-state index contributed by atoms with van der Waals surface area (Å²) < 4.78 is 1.35. The third-order valence-electron chi connectivity index (χ3n) is 4.22. The summed E-state index contributed by atoms with van der Waals surface area (Å²) in [5.74, 6) is -0.277. The van der Waals surface area contributed by atoms with Crippen LogP contribution in [-0.4, -0.2) is 43.7 Å². The highest BCUT2D eigenvalue weighted by molar-refractivity contribution is 6.30. The van der Waals surface area contributed by atoms with Crippen LogP contribution in [0.4, 0.5) is 0 Å². The van der Waals surface area contributed by atoms with Gasteiger partial charge in [0.25, 0.3) is 11.5 Å². The molecule has 0 saturated heterocycles. The molecule has 0 aliphatic carbocycles. The molecule has 7 nitrogen and oxygen atoms in total. The molecule has 0 atom stereocenters. The number of amides is 1. The van der Waals surface area contributed by atoms with Crippen molar-refractivity contribution in [2.75, 3.05) is 13.1 Å². The van der Waals surface area contributed by atoms with Crippen molar-refractivity contribution < 1.29 is 4.79 Å². The average Bonchev–Trinajstić information content (AvgIpc) is 3.07. The summed E-state index contributed by atoms with van der Waals surface area (Å²) >= 11 is 5.90. The molecular weight excluding hydrogens is 354 g/mol. The van der Waals surface area contributed by atoms with E-state index in [0.717, 1.165) is 18.4 Å². The van der Waals surface area contributed by atoms with E-state index in [1.54, 1.807) is 35.4 Å². The van der Waals surface area contributed by atoms with Crippen LogP contribution in [0.1, 0.15) is 37.2 Å². The van der Waals surface area contributed by atoms with Gasteiger partial charge in [-0.3, -0.25) is 9.59 Å². The molecule has 0 aliphatic heterocycles. The zero-order valence-electron chi connectivity index (χ0n) is 14.7. The summed E-state index contributed by atoms with van der Waals surface area (Å²) in [4.78, 5) is 29.8. The van der Waals surface area contributed by atoms with E-state index in [1.807, 2.05) is 6.92 Å². The summed E-state index contributed by atoms with van der Waals surface area (Å²) in [6, 6.07) is 7.07. The molecule has 0 radical (unpaired) electrons. The second kappa shape index (κ2) is 7.70. The largest absolute Gasteiger partial charge is 0.337 e. The SMILES string of the molecule is CCCCN(CC)C(=O)c1nnn2cc(-c3ccc(Cl)cc3)[nH]c(=O)c12. The van der Waals surface area contributed by atoms with E-state index in [2.05, 4.69) is 22.2 Å². The molecule has 0 fully saturated rings. The number of H-pyrrole nitrogens is 1. The molecule has 136 valence electrons. The Labute approximate surface area is 155 Å². The van der Waals surface area contributed by atoms with E-state index >= 15 is 0 Å². The maximum Gasteiger partial charge on any atom is 0.276 e. The van der Waals surface area contributed by atoms with Crippen molar-refractivity contribution >= 4 is 23.0 Å². The van der Waals surface area contributed by atoms with E-state index in [4.69, 9.17) is 11.6 Å². The van der Waals surface area contributed by atoms with Crippen molar-refractivity contribution in [2.24, 2.45) is 0 Å². The number of nitrogens with one attached hydrogen (secondary N) is 1. The van der Waals surface area contributed by atoms with Crippen LogP contribution in [-0.2, 0) is 0 Å². The lowest BCUT2D eigenvalue weighted by Gasteiger charge is -2.19. The van der Waals surface area contributed by atoms with Gasteiger partial charge < -0.3 is 9.88 Å². The van der Waals surface area contributed by atoms with Gasteiger partial charge >= 0.3 is 0 Å². The van der Waals surface area contributed by atoms with Crippen LogP contribution in [0.5, 0.6) is 0 Å². The first-order chi connectivity index (χ1) is 12.5. The number of nitrogens with zero attached hydrogens (tertiary/aromatic N) is 4. The van der Waals surface area contributed by atoms with Gasteiger partial charge in [-0.2, -0.15) is 0 Å². The van der Waals surface area contributed by atoms with E-state index in [-0.39, 0.29) is 17.1 Å². The molecule has 3 aromatic rings. The molecule has 0 bridgehead atoms. The zero-order valence-corrected chi connectivity index (χ0v) is 15.5. The normalized spacial score (nSPS) is 11.0. The maximum absolute atomic E-state index is 12.7. The molecule has 0 aliphatic rings. The van der Waals surface area contributed by atoms with Crippen LogP contribution in [0.3, 0.4) is 0 Å². The molecule has 1 N–H and O–H groups in total. The fraction of sp³-hybridized carbons (Fsp3) is 0.333. The van der Waals surface area contributed by atoms with Crippen LogP contribution in [0, 0.1) is 0 Å². The van der Waals surface area contributed by atoms with Gasteiger partial charge in [0.05, 0.1) is 11.9 Å². The minimum absolute atomic E-state index is 0.0758. The van der Waals surface area contributed by atoms with Crippen LogP contribution in [0.2, 0.25) is 5.02 Å². The van der Waals surface area contributed by atoms with Crippen molar-refractivity contribution in [1.82, 2.24) is 24.7 Å². The number of hydrogen-bond donors (Lipinski definition) is 1. The Hall–Kier alpha value is -2.67. The van der Waals surface area contributed by atoms with E-state index in [1.165, 1.54) is 4.52 Å². The summed E-state index contributed by atoms with van der Waals surface area (Å²) in [5.41, 5.74) is 1.18. The fourth-order valence-corrected chi connectivity index (χ4v) is 2.88. The number of carbonyl (C=O) groups excluding carboxylic acids is 1. The first-order valence-corrected chi connectivity index (χ1v) is 8.96. The van der Waals surface area contributed by atoms with Gasteiger partial charge in [-0.05, 0) is 31.0 Å². The van der Waals surface area contributed by atoms with Gasteiger partial charge in [0, 0.05) is 18.1 Å². The Kier molecular flexibility index (Phi) is 5.37. The number of fused-ring (bicyclic) bond motifs is 1. The van der Waals surface area contributed by atoms with Crippen molar-refractivity contribution in [1.29, 1.82) is 0 Å². The number of rotatable bonds is 6. The summed E-state index contributed by atoms with van der Waals surface area (Å²) in [6.45, 7) is 5.15. The van der Waals surface area contributed by atoms with Crippen LogP contribution >= 0.6 is 11.6 Å². The highest BCUT2D eigenvalue weighted by Crippen LogP contribution is 2.19. The van der Waals surface area contributed by atoms with E-state index < -0.39 is 5.56 Å². The molecule has 1 amide bonds. The van der Waals surface area contributed by atoms with E-state index in [9.17, 15) is 9.59 Å². The Morgan fingerprint density at radius 2 is 2.00 bits per heavy atom. The third-order valence-corrected chi connectivity index (χ3v) is 4.47. The lowest BCUT2D eigenvalue weighted by molar-refractivity contribution is 0.0758. The first-order valence-electron chi connectivity index (χ1n) is 8.58. The molecule has 2 heterocycles. The number of aromatic amines is 1. The molecular formula is C18H20ClN5O2. The zero-order chi connectivity index (χ0) is 18.7. The van der Waals surface area contributed by atoms with Crippen LogP contribution in [0.25, 0.3) is 16.8 Å². The number of unbranched alkanes of at least 4 members (excludes halogenated alkanes) is 1. The lowest BCUT2D eigenvalue weighted by atomic mass is 10.1. The molecule has 26 heavy (non-hydrogen) atoms. The minimum Gasteiger partial charge on any atom is -0.337 e. The number of carbonyl (C=O) groups is 1. The molecule has 3 rings (SSSR count). The topological polar surface area (TPSA) is 83.4 Å². The summed E-state index contributed by atoms with van der Waals surface area (Å²) in [7, 11) is 0. The third kappa shape index (κ3) is 3.48. The quantitative estimate of drug-likeness (QED) is 0.719. The Balaban J connectivity index is 2.01. The smallest absolute Gasteiger partial charge is 0.276 e. The number of hydrogen-bond acceptors (Lipinski definition) is 4. The first kappa shape index (κ1) is 18.1. The number of halogens is 1. The van der Waals surface area contributed by atoms with E-state index in [0.29, 0.717) is 23.8 Å². The standard InChI is InChI=1S/C18H20ClN5O2/c1-3-5-10-23(4-2)18(26)15-16-17(25)20-14(11-24(16)22-21-15)12-6-8-13(19)9-7-12/h6-9,11H,3-5,10H2,1-2H3,(H,20,25). The van der Waals surface area contributed by atoms with Gasteiger partial charge in [0.15, 0.2) is 11.2 Å². The second-order valence-electron chi connectivity index (χ2n) is 5.97. The van der Waals surface area contributed by atoms with Crippen molar-refractivity contribution in [3.63, 3.8) is 0 Å². The number of aromatic nitrogens is 4. The van der Waals surface area contributed by atoms with Crippen LogP contribution < -0.4 is 5.56 Å². The minimum atomic E-state index is -0.405. The maximum atomic E-state index is 12.7. The average molecular weight is 374 g/mol. The fourth-order valence-electron chi connectivity index (χ4n) is 2.75. The highest BCUT2D eigenvalue weighted by atomic mass is 35.5. The van der Waals surface area contributed by atoms with Crippen LogP contribution in [0.15, 0.2) is 35.3 Å². The molecule has 0 spiro atoms. The van der Waals surface area contributed by atoms with Gasteiger partial charge in [-0.1, -0.05) is 42.3 Å². The van der Waals surface area contributed by atoms with Crippen molar-refractivity contribution in [3.05, 3.63) is 51.5 Å². The number of benzene rings is 1. The Morgan fingerprint density at radius 3 is 2.65 bits per heavy atom. The predicted octanol–water partition coefficient (Wildman–Crippen LogP) is 3.00. The molecule has 8 heteroatoms. The van der Waals surface area contributed by atoms with Crippen molar-refractivity contribution in [2.45, 2.75) is 26.7 Å².